The van der Waals surface area contributed by atoms with Gasteiger partial charge in [-0.05, 0) is 42.0 Å². The largest absolute Gasteiger partial charge is 0.309 e. The van der Waals surface area contributed by atoms with Crippen LogP contribution >= 0.6 is 7.26 Å². The van der Waals surface area contributed by atoms with E-state index in [1.807, 2.05) is 0 Å². The second kappa shape index (κ2) is 9.65. The standard InChI is InChI=1S/C27H27NP/c1-5-13-24(14-6-1)23-28-21-22-29(25-15-7-2-8-16-25,26-17-9-3-10-18-26)27-19-11-4-12-20-27/h1-20,28H,21-23H2/q+1. The summed E-state index contributed by atoms with van der Waals surface area (Å²) in [5.41, 5.74) is 1.33. The third-order valence-corrected chi connectivity index (χ3v) is 9.82. The van der Waals surface area contributed by atoms with Gasteiger partial charge in [0.15, 0.2) is 0 Å². The Morgan fingerprint density at radius 2 is 0.862 bits per heavy atom. The van der Waals surface area contributed by atoms with E-state index in [-0.39, 0.29) is 0 Å². The highest BCUT2D eigenvalue weighted by Crippen LogP contribution is 2.54. The van der Waals surface area contributed by atoms with E-state index in [0.717, 1.165) is 19.3 Å². The Morgan fingerprint density at radius 1 is 0.483 bits per heavy atom. The fourth-order valence-corrected chi connectivity index (χ4v) is 8.16. The van der Waals surface area contributed by atoms with Crippen LogP contribution in [0, 0.1) is 0 Å². The summed E-state index contributed by atoms with van der Waals surface area (Å²) < 4.78 is 0. The van der Waals surface area contributed by atoms with Crippen LogP contribution in [-0.4, -0.2) is 12.7 Å². The summed E-state index contributed by atoms with van der Waals surface area (Å²) in [5, 5.41) is 8.02. The fraction of sp³-hybridized carbons (Fsp3) is 0.111. The molecule has 0 amide bonds. The van der Waals surface area contributed by atoms with Crippen LogP contribution in [0.25, 0.3) is 0 Å². The van der Waals surface area contributed by atoms with Gasteiger partial charge in [0, 0.05) is 13.1 Å². The summed E-state index contributed by atoms with van der Waals surface area (Å²) in [7, 11) is -1.74. The van der Waals surface area contributed by atoms with Gasteiger partial charge in [0.2, 0.25) is 0 Å². The van der Waals surface area contributed by atoms with Gasteiger partial charge in [-0.3, -0.25) is 0 Å². The van der Waals surface area contributed by atoms with Crippen molar-refractivity contribution in [3.8, 4) is 0 Å². The Hall–Kier alpha value is -2.73. The van der Waals surface area contributed by atoms with Gasteiger partial charge in [0.25, 0.3) is 0 Å². The molecular formula is C27H27NP+. The molecule has 0 spiro atoms. The molecule has 4 aromatic rings. The molecule has 0 saturated heterocycles. The lowest BCUT2D eigenvalue weighted by Gasteiger charge is -2.27. The monoisotopic (exact) mass is 396 g/mol. The van der Waals surface area contributed by atoms with Gasteiger partial charge in [0.1, 0.15) is 23.2 Å². The first-order valence-corrected chi connectivity index (χ1v) is 12.2. The quantitative estimate of drug-likeness (QED) is 0.334. The molecule has 1 nitrogen and oxygen atoms in total. The molecule has 4 aromatic carbocycles. The van der Waals surface area contributed by atoms with Crippen LogP contribution in [0.4, 0.5) is 0 Å². The smallest absolute Gasteiger partial charge is 0.113 e. The van der Waals surface area contributed by atoms with E-state index in [4.69, 9.17) is 0 Å². The van der Waals surface area contributed by atoms with Gasteiger partial charge < -0.3 is 5.32 Å². The van der Waals surface area contributed by atoms with Crippen molar-refractivity contribution in [2.45, 2.75) is 6.54 Å². The lowest BCUT2D eigenvalue weighted by molar-refractivity contribution is 0.730. The van der Waals surface area contributed by atoms with Crippen molar-refractivity contribution in [1.82, 2.24) is 5.32 Å². The molecule has 0 heterocycles. The van der Waals surface area contributed by atoms with Crippen molar-refractivity contribution in [3.63, 3.8) is 0 Å². The first-order chi connectivity index (χ1) is 14.4. The molecule has 2 heteroatoms. The lowest BCUT2D eigenvalue weighted by atomic mass is 10.2. The molecule has 29 heavy (non-hydrogen) atoms. The molecule has 0 atom stereocenters. The minimum atomic E-state index is -1.74. The maximum absolute atomic E-state index is 3.69. The maximum atomic E-state index is 3.69. The number of hydrogen-bond donors (Lipinski definition) is 1. The molecule has 1 N–H and O–H groups in total. The van der Waals surface area contributed by atoms with E-state index in [1.165, 1.54) is 21.5 Å². The predicted molar refractivity (Wildman–Crippen MR) is 128 cm³/mol. The van der Waals surface area contributed by atoms with E-state index in [1.54, 1.807) is 0 Å². The molecule has 0 radical (unpaired) electrons. The molecule has 4 rings (SSSR count). The van der Waals surface area contributed by atoms with Crippen LogP contribution in [0.5, 0.6) is 0 Å². The van der Waals surface area contributed by atoms with E-state index >= 15 is 0 Å². The maximum Gasteiger partial charge on any atom is 0.113 e. The zero-order valence-electron chi connectivity index (χ0n) is 16.6. The van der Waals surface area contributed by atoms with Crippen LogP contribution in [0.15, 0.2) is 121 Å². The minimum Gasteiger partial charge on any atom is -0.309 e. The third kappa shape index (κ3) is 4.48. The van der Waals surface area contributed by atoms with Crippen molar-refractivity contribution >= 4 is 23.2 Å². The van der Waals surface area contributed by atoms with Gasteiger partial charge >= 0.3 is 0 Å². The van der Waals surface area contributed by atoms with Gasteiger partial charge in [-0.15, -0.1) is 0 Å². The molecule has 0 unspecified atom stereocenters. The van der Waals surface area contributed by atoms with Crippen molar-refractivity contribution in [3.05, 3.63) is 127 Å². The number of nitrogens with one attached hydrogen (secondary N) is 1. The van der Waals surface area contributed by atoms with Gasteiger partial charge in [0.05, 0.1) is 6.16 Å². The number of hydrogen-bond acceptors (Lipinski definition) is 1. The highest BCUT2D eigenvalue weighted by atomic mass is 31.2. The second-order valence-corrected chi connectivity index (χ2v) is 10.8. The van der Waals surface area contributed by atoms with E-state index in [2.05, 4.69) is 127 Å². The van der Waals surface area contributed by atoms with Crippen LogP contribution in [0.3, 0.4) is 0 Å². The molecule has 0 aliphatic heterocycles. The molecule has 0 saturated carbocycles. The molecule has 0 aliphatic rings. The molecule has 0 aromatic heterocycles. The number of benzene rings is 4. The summed E-state index contributed by atoms with van der Waals surface area (Å²) in [6.07, 6.45) is 1.10. The zero-order chi connectivity index (χ0) is 19.8. The fourth-order valence-electron chi connectivity index (χ4n) is 3.96. The van der Waals surface area contributed by atoms with Crippen LogP contribution < -0.4 is 21.2 Å². The van der Waals surface area contributed by atoms with Gasteiger partial charge in [-0.2, -0.15) is 0 Å². The molecule has 144 valence electrons. The SMILES string of the molecule is c1ccc(CNCC[P+](c2ccccc2)(c2ccccc2)c2ccccc2)cc1. The summed E-state index contributed by atoms with van der Waals surface area (Å²) in [5.74, 6) is 0. The third-order valence-electron chi connectivity index (χ3n) is 5.39. The highest BCUT2D eigenvalue weighted by Gasteiger charge is 2.44. The first kappa shape index (κ1) is 19.6. The zero-order valence-corrected chi connectivity index (χ0v) is 17.5. The topological polar surface area (TPSA) is 12.0 Å². The Labute approximate surface area is 174 Å². The van der Waals surface area contributed by atoms with E-state index in [9.17, 15) is 0 Å². The van der Waals surface area contributed by atoms with E-state index < -0.39 is 7.26 Å². The Morgan fingerprint density at radius 3 is 1.28 bits per heavy atom. The van der Waals surface area contributed by atoms with E-state index in [0.29, 0.717) is 0 Å². The average molecular weight is 396 g/mol. The van der Waals surface area contributed by atoms with Crippen molar-refractivity contribution in [2.24, 2.45) is 0 Å². The van der Waals surface area contributed by atoms with Crippen LogP contribution in [0.1, 0.15) is 5.56 Å². The summed E-state index contributed by atoms with van der Waals surface area (Å²) >= 11 is 0. The Bertz CT molecular complexity index is 889. The lowest BCUT2D eigenvalue weighted by Crippen LogP contribution is -2.36. The summed E-state index contributed by atoms with van der Waals surface area (Å²) in [6.45, 7) is 1.88. The molecule has 0 bridgehead atoms. The van der Waals surface area contributed by atoms with Gasteiger partial charge in [-0.1, -0.05) is 84.9 Å². The summed E-state index contributed by atoms with van der Waals surface area (Å²) in [6, 6.07) is 43.9. The Kier molecular flexibility index (Phi) is 6.52. The first-order valence-electron chi connectivity index (χ1n) is 10.2. The van der Waals surface area contributed by atoms with Crippen LogP contribution in [0.2, 0.25) is 0 Å². The van der Waals surface area contributed by atoms with Crippen molar-refractivity contribution < 1.29 is 0 Å². The highest BCUT2D eigenvalue weighted by molar-refractivity contribution is 7.95. The average Bonchev–Trinajstić information content (AvgIpc) is 2.82. The molecule has 0 aliphatic carbocycles. The normalized spacial score (nSPS) is 11.3. The van der Waals surface area contributed by atoms with Gasteiger partial charge in [-0.25, -0.2) is 0 Å². The second-order valence-electron chi connectivity index (χ2n) is 7.20. The minimum absolute atomic E-state index is 0.902. The molecule has 0 fully saturated rings. The van der Waals surface area contributed by atoms with Crippen LogP contribution in [-0.2, 0) is 6.54 Å². The van der Waals surface area contributed by atoms with Crippen molar-refractivity contribution in [2.75, 3.05) is 12.7 Å². The molecular weight excluding hydrogens is 369 g/mol. The Balaban J connectivity index is 1.70. The van der Waals surface area contributed by atoms with Crippen molar-refractivity contribution in [1.29, 1.82) is 0 Å². The predicted octanol–water partition coefficient (Wildman–Crippen LogP) is 4.77. The summed E-state index contributed by atoms with van der Waals surface area (Å²) in [4.78, 5) is 0. The number of rotatable bonds is 8.